The molecule has 0 aliphatic heterocycles. The predicted octanol–water partition coefficient (Wildman–Crippen LogP) is 2.58. The molecule has 1 atom stereocenters. The molecule has 3 nitrogen and oxygen atoms in total. The molecule has 0 aliphatic carbocycles. The Bertz CT molecular complexity index is 408. The van der Waals surface area contributed by atoms with Crippen molar-refractivity contribution >= 4 is 17.2 Å². The van der Waals surface area contributed by atoms with Crippen LogP contribution in [-0.2, 0) is 11.0 Å². The number of benzene rings is 1. The normalized spacial score (nSPS) is 14.0. The van der Waals surface area contributed by atoms with Crippen molar-refractivity contribution in [3.05, 3.63) is 29.8 Å². The lowest BCUT2D eigenvalue weighted by Crippen LogP contribution is -2.19. The van der Waals surface area contributed by atoms with Gasteiger partial charge in [0.1, 0.15) is 16.7 Å². The summed E-state index contributed by atoms with van der Waals surface area (Å²) in [6, 6.07) is 7.48. The van der Waals surface area contributed by atoms with Crippen LogP contribution in [0.5, 0.6) is 5.75 Å². The van der Waals surface area contributed by atoms with Gasteiger partial charge in [0.2, 0.25) is 0 Å². The molecule has 0 amide bonds. The van der Waals surface area contributed by atoms with E-state index in [1.165, 1.54) is 0 Å². The number of hydrogen-bond acceptors (Lipinski definition) is 2. The van der Waals surface area contributed by atoms with Crippen LogP contribution in [0.25, 0.3) is 0 Å². The Hall–Kier alpha value is -1.16. The second-order valence-electron chi connectivity index (χ2n) is 4.37. The zero-order chi connectivity index (χ0) is 12.2. The van der Waals surface area contributed by atoms with E-state index in [-0.39, 0.29) is 4.75 Å². The summed E-state index contributed by atoms with van der Waals surface area (Å²) in [4.78, 5) is 0. The van der Waals surface area contributed by atoms with Gasteiger partial charge in [-0.25, -0.2) is 4.21 Å². The minimum Gasteiger partial charge on any atom is -0.497 e. The lowest BCUT2D eigenvalue weighted by Gasteiger charge is -2.12. The van der Waals surface area contributed by atoms with Crippen molar-refractivity contribution in [2.75, 3.05) is 7.11 Å². The molecule has 0 N–H and O–H groups in total. The second-order valence-corrected chi connectivity index (χ2v) is 6.31. The summed E-state index contributed by atoms with van der Waals surface area (Å²) in [5.41, 5.74) is 0.886. The molecule has 0 unspecified atom stereocenters. The van der Waals surface area contributed by atoms with Gasteiger partial charge in [0.25, 0.3) is 0 Å². The monoisotopic (exact) mass is 239 g/mol. The van der Waals surface area contributed by atoms with Crippen molar-refractivity contribution in [2.45, 2.75) is 25.5 Å². The summed E-state index contributed by atoms with van der Waals surface area (Å²) < 4.78 is 20.5. The molecular weight excluding hydrogens is 222 g/mol. The third-order valence-electron chi connectivity index (χ3n) is 1.92. The van der Waals surface area contributed by atoms with Crippen LogP contribution >= 0.6 is 0 Å². The smallest absolute Gasteiger partial charge is 0.144 e. The molecule has 0 aliphatic rings. The topological polar surface area (TPSA) is 38.7 Å². The summed E-state index contributed by atoms with van der Waals surface area (Å²) >= 11 is 0. The fraction of sp³-hybridized carbons (Fsp3) is 0.417. The number of rotatable bonds is 3. The van der Waals surface area contributed by atoms with Gasteiger partial charge in [-0.1, -0.05) is 12.1 Å². The number of nitrogens with zero attached hydrogens (tertiary/aromatic N) is 1. The molecule has 16 heavy (non-hydrogen) atoms. The third kappa shape index (κ3) is 3.77. The Morgan fingerprint density at radius 1 is 1.38 bits per heavy atom. The highest BCUT2D eigenvalue weighted by molar-refractivity contribution is 7.85. The fourth-order valence-electron chi connectivity index (χ4n) is 0.989. The van der Waals surface area contributed by atoms with Crippen molar-refractivity contribution in [1.29, 1.82) is 0 Å². The molecule has 0 bridgehead atoms. The molecule has 0 saturated carbocycles. The predicted molar refractivity (Wildman–Crippen MR) is 68.5 cm³/mol. The van der Waals surface area contributed by atoms with Crippen molar-refractivity contribution in [1.82, 2.24) is 0 Å². The molecule has 0 spiro atoms. The van der Waals surface area contributed by atoms with E-state index >= 15 is 0 Å². The van der Waals surface area contributed by atoms with Crippen molar-refractivity contribution in [2.24, 2.45) is 4.40 Å². The van der Waals surface area contributed by atoms with E-state index in [4.69, 9.17) is 4.74 Å². The molecule has 1 aromatic carbocycles. The molecule has 0 aromatic heterocycles. The van der Waals surface area contributed by atoms with E-state index in [0.29, 0.717) is 0 Å². The maximum absolute atomic E-state index is 11.7. The van der Waals surface area contributed by atoms with Gasteiger partial charge in [-0.2, -0.15) is 4.40 Å². The first-order valence-electron chi connectivity index (χ1n) is 5.03. The van der Waals surface area contributed by atoms with Crippen molar-refractivity contribution in [3.8, 4) is 5.75 Å². The minimum atomic E-state index is -1.22. The van der Waals surface area contributed by atoms with E-state index in [1.54, 1.807) is 13.3 Å². The summed E-state index contributed by atoms with van der Waals surface area (Å²) in [6.45, 7) is 5.68. The largest absolute Gasteiger partial charge is 0.497 e. The fourth-order valence-corrected chi connectivity index (χ4v) is 1.52. The lowest BCUT2D eigenvalue weighted by molar-refractivity contribution is 0.415. The van der Waals surface area contributed by atoms with Gasteiger partial charge in [0, 0.05) is 6.21 Å². The summed E-state index contributed by atoms with van der Waals surface area (Å²) in [7, 11) is 0.397. The van der Waals surface area contributed by atoms with Gasteiger partial charge in [-0.05, 0) is 38.5 Å². The van der Waals surface area contributed by atoms with E-state index in [1.807, 2.05) is 45.0 Å². The SMILES string of the molecule is COc1cccc(C=N[S@](=O)C(C)(C)C)c1. The minimum absolute atomic E-state index is 0.324. The van der Waals surface area contributed by atoms with Crippen LogP contribution in [0.15, 0.2) is 28.7 Å². The highest BCUT2D eigenvalue weighted by atomic mass is 32.2. The molecular formula is C12H17NO2S. The van der Waals surface area contributed by atoms with E-state index < -0.39 is 11.0 Å². The molecule has 88 valence electrons. The summed E-state index contributed by atoms with van der Waals surface area (Å²) in [5.74, 6) is 0.769. The first-order chi connectivity index (χ1) is 7.43. The van der Waals surface area contributed by atoms with Gasteiger partial charge in [-0.15, -0.1) is 0 Å². The zero-order valence-electron chi connectivity index (χ0n) is 10.1. The highest BCUT2D eigenvalue weighted by Gasteiger charge is 2.17. The molecule has 1 aromatic rings. The Morgan fingerprint density at radius 3 is 2.62 bits per heavy atom. The quantitative estimate of drug-likeness (QED) is 0.760. The Morgan fingerprint density at radius 2 is 2.06 bits per heavy atom. The number of hydrogen-bond donors (Lipinski definition) is 0. The first-order valence-corrected chi connectivity index (χ1v) is 6.14. The summed E-state index contributed by atoms with van der Waals surface area (Å²) in [6.07, 6.45) is 1.61. The van der Waals surface area contributed by atoms with Crippen LogP contribution < -0.4 is 4.74 Å². The average molecular weight is 239 g/mol. The van der Waals surface area contributed by atoms with Crippen LogP contribution in [0.1, 0.15) is 26.3 Å². The van der Waals surface area contributed by atoms with Crippen LogP contribution in [0.2, 0.25) is 0 Å². The van der Waals surface area contributed by atoms with Crippen LogP contribution in [0, 0.1) is 0 Å². The van der Waals surface area contributed by atoms with Gasteiger partial charge in [0.05, 0.1) is 11.9 Å². The first kappa shape index (κ1) is 12.9. The molecule has 0 saturated heterocycles. The third-order valence-corrected chi connectivity index (χ3v) is 3.26. The van der Waals surface area contributed by atoms with Gasteiger partial charge in [-0.3, -0.25) is 0 Å². The average Bonchev–Trinajstić information content (AvgIpc) is 2.25. The van der Waals surface area contributed by atoms with Gasteiger partial charge >= 0.3 is 0 Å². The van der Waals surface area contributed by atoms with Crippen LogP contribution in [0.4, 0.5) is 0 Å². The van der Waals surface area contributed by atoms with E-state index in [2.05, 4.69) is 4.40 Å². The molecule has 0 heterocycles. The summed E-state index contributed by atoms with van der Waals surface area (Å²) in [5, 5.41) is 0. The number of methoxy groups -OCH3 is 1. The maximum Gasteiger partial charge on any atom is 0.144 e. The Kier molecular flexibility index (Phi) is 4.24. The highest BCUT2D eigenvalue weighted by Crippen LogP contribution is 2.14. The van der Waals surface area contributed by atoms with Gasteiger partial charge in [0.15, 0.2) is 0 Å². The zero-order valence-corrected chi connectivity index (χ0v) is 10.9. The van der Waals surface area contributed by atoms with Crippen LogP contribution in [0.3, 0.4) is 0 Å². The van der Waals surface area contributed by atoms with Gasteiger partial charge < -0.3 is 4.74 Å². The maximum atomic E-state index is 11.7. The van der Waals surface area contributed by atoms with E-state index in [0.717, 1.165) is 11.3 Å². The van der Waals surface area contributed by atoms with E-state index in [9.17, 15) is 4.21 Å². The molecule has 4 heteroatoms. The van der Waals surface area contributed by atoms with Crippen molar-refractivity contribution in [3.63, 3.8) is 0 Å². The lowest BCUT2D eigenvalue weighted by atomic mass is 10.2. The Labute approximate surface area is 99.1 Å². The number of ether oxygens (including phenoxy) is 1. The van der Waals surface area contributed by atoms with Crippen LogP contribution in [-0.4, -0.2) is 22.3 Å². The molecule has 1 rings (SSSR count). The Balaban J connectivity index is 2.80. The second kappa shape index (κ2) is 5.25. The van der Waals surface area contributed by atoms with Crippen molar-refractivity contribution < 1.29 is 8.95 Å². The molecule has 0 fully saturated rings. The standard InChI is InChI=1S/C12H17NO2S/c1-12(2,3)16(14)13-9-10-6-5-7-11(8-10)15-4/h5-9H,1-4H3/t16-/m1/s1. The molecule has 0 radical (unpaired) electrons.